The van der Waals surface area contributed by atoms with Crippen LogP contribution in [0.1, 0.15) is 117 Å². The summed E-state index contributed by atoms with van der Waals surface area (Å²) in [5, 5.41) is 3.36. The van der Waals surface area contributed by atoms with Crippen LogP contribution in [0.4, 0.5) is 0 Å². The van der Waals surface area contributed by atoms with Crippen molar-refractivity contribution < 1.29 is 46.5 Å². The van der Waals surface area contributed by atoms with Crippen LogP contribution in [-0.4, -0.2) is 29.4 Å². The molecule has 11 heteroatoms. The molecule has 6 N–H and O–H groups in total. The van der Waals surface area contributed by atoms with Crippen molar-refractivity contribution in [2.75, 3.05) is 0 Å². The van der Waals surface area contributed by atoms with E-state index < -0.39 is 13.4 Å². The largest absolute Gasteiger partial charge is 0.325 e. The summed E-state index contributed by atoms with van der Waals surface area (Å²) in [6.07, 6.45) is 23.9. The third kappa shape index (κ3) is 72.1. The van der Waals surface area contributed by atoms with Gasteiger partial charge in [-0.3, -0.25) is 0 Å². The monoisotopic (exact) mass is 574 g/mol. The third-order valence-corrected chi connectivity index (χ3v) is 8.90. The average molecular weight is 576 g/mol. The SMILES string of the molecule is CCCCCCCCC[CH2][Zn][CH2]CCCCCCCCC.OP(O)(O)=S.OP(O)(O)=S. The third-order valence-electron chi connectivity index (χ3n) is 4.71. The van der Waals surface area contributed by atoms with Crippen LogP contribution in [0.3, 0.4) is 0 Å². The molecule has 0 aliphatic heterocycles. The molecule has 0 aliphatic rings. The number of unbranched alkanes of at least 4 members (excludes halogenated alkanes) is 14. The van der Waals surface area contributed by atoms with E-state index in [0.717, 1.165) is 0 Å². The van der Waals surface area contributed by atoms with Gasteiger partial charge in [-0.15, -0.1) is 0 Å². The molecule has 0 heterocycles. The molecule has 0 radical (unpaired) electrons. The van der Waals surface area contributed by atoms with Crippen LogP contribution >= 0.6 is 13.4 Å². The van der Waals surface area contributed by atoms with Crippen molar-refractivity contribution in [2.24, 2.45) is 0 Å². The molecule has 0 rings (SSSR count). The minimum Gasteiger partial charge on any atom is -0.325 e. The molecule has 0 unspecified atom stereocenters. The summed E-state index contributed by atoms with van der Waals surface area (Å²) in [5.41, 5.74) is 0. The first-order valence-corrected chi connectivity index (χ1v) is 21.5. The summed E-state index contributed by atoms with van der Waals surface area (Å²) in [4.78, 5) is 45.3. The summed E-state index contributed by atoms with van der Waals surface area (Å²) >= 11 is 7.11. The van der Waals surface area contributed by atoms with Crippen molar-refractivity contribution in [2.45, 2.75) is 127 Å². The van der Waals surface area contributed by atoms with Gasteiger partial charge in [-0.05, 0) is 23.6 Å². The quantitative estimate of drug-likeness (QED) is 0.0617. The second kappa shape index (κ2) is 27.9. The van der Waals surface area contributed by atoms with Crippen molar-refractivity contribution in [1.29, 1.82) is 0 Å². The Morgan fingerprint density at radius 3 is 0.871 bits per heavy atom. The van der Waals surface area contributed by atoms with E-state index in [1.54, 1.807) is 22.9 Å². The molecule has 0 bridgehead atoms. The first-order chi connectivity index (χ1) is 14.4. The first kappa shape index (κ1) is 37.2. The fourth-order valence-electron chi connectivity index (χ4n) is 3.15. The summed E-state index contributed by atoms with van der Waals surface area (Å²) in [6.45, 7) is -3.00. The second-order valence-corrected chi connectivity index (χ2v) is 17.5. The van der Waals surface area contributed by atoms with Gasteiger partial charge in [-0.2, -0.15) is 0 Å². The van der Waals surface area contributed by atoms with Gasteiger partial charge in [0.05, 0.1) is 0 Å². The van der Waals surface area contributed by atoms with Crippen LogP contribution in [-0.2, 0) is 40.7 Å². The van der Waals surface area contributed by atoms with Crippen molar-refractivity contribution in [3.05, 3.63) is 0 Å². The molecule has 0 fully saturated rings. The van der Waals surface area contributed by atoms with Crippen LogP contribution in [0.15, 0.2) is 0 Å². The van der Waals surface area contributed by atoms with Gasteiger partial charge in [0.1, 0.15) is 0 Å². The molecule has 0 aliphatic carbocycles. The van der Waals surface area contributed by atoms with Crippen molar-refractivity contribution in [3.8, 4) is 0 Å². The van der Waals surface area contributed by atoms with Crippen LogP contribution in [0, 0.1) is 0 Å². The summed E-state index contributed by atoms with van der Waals surface area (Å²) < 4.78 is 0. The molecule has 6 nitrogen and oxygen atoms in total. The Labute approximate surface area is 209 Å². The Morgan fingerprint density at radius 2 is 0.645 bits per heavy atom. The molecule has 188 valence electrons. The van der Waals surface area contributed by atoms with Gasteiger partial charge < -0.3 is 29.4 Å². The Balaban J connectivity index is -0.000000646. The summed E-state index contributed by atoms with van der Waals surface area (Å²) in [7, 11) is 0. The first-order valence-electron chi connectivity index (χ1n) is 12.0. The van der Waals surface area contributed by atoms with E-state index in [-0.39, 0.29) is 17.1 Å². The van der Waals surface area contributed by atoms with E-state index in [1.807, 2.05) is 0 Å². The van der Waals surface area contributed by atoms with Gasteiger partial charge >= 0.3 is 157 Å². The topological polar surface area (TPSA) is 121 Å². The van der Waals surface area contributed by atoms with Gasteiger partial charge in [0.2, 0.25) is 0 Å². The van der Waals surface area contributed by atoms with E-state index in [4.69, 9.17) is 29.4 Å². The predicted molar refractivity (Wildman–Crippen MR) is 137 cm³/mol. The zero-order valence-electron chi connectivity index (χ0n) is 19.8. The van der Waals surface area contributed by atoms with E-state index in [1.165, 1.54) is 89.9 Å². The van der Waals surface area contributed by atoms with E-state index >= 15 is 0 Å². The normalized spacial score (nSPS) is 11.1. The molecule has 0 saturated heterocycles. The van der Waals surface area contributed by atoms with Crippen molar-refractivity contribution in [1.82, 2.24) is 0 Å². The number of hydrogen-bond donors (Lipinski definition) is 6. The smallest absolute Gasteiger partial charge is 0.319 e. The standard InChI is InChI=1S/2C10H21.2H3O3PS.Zn/c2*1-3-5-7-9-10-8-6-4-2;2*1-4(2,3)5;/h2*1,3-10H2,2H3;2*(H3,1,2,3,5);. The zero-order valence-corrected chi connectivity index (χ0v) is 26.2. The predicted octanol–water partition coefficient (Wildman–Crippen LogP) is 6.56. The van der Waals surface area contributed by atoms with E-state index in [9.17, 15) is 0 Å². The minimum atomic E-state index is -3.81. The molecule has 0 amide bonds. The van der Waals surface area contributed by atoms with Gasteiger partial charge in [-0.25, -0.2) is 0 Å². The maximum Gasteiger partial charge on any atom is 0.319 e. The minimum absolute atomic E-state index is 0.0953. The second-order valence-electron chi connectivity index (χ2n) is 8.04. The van der Waals surface area contributed by atoms with E-state index in [2.05, 4.69) is 37.5 Å². The number of hydrogen-bond acceptors (Lipinski definition) is 2. The molecule has 0 spiro atoms. The molecule has 0 aromatic rings. The van der Waals surface area contributed by atoms with Gasteiger partial charge in [0.25, 0.3) is 0 Å². The van der Waals surface area contributed by atoms with Gasteiger partial charge in [0.15, 0.2) is 0 Å². The Bertz CT molecular complexity index is 381. The summed E-state index contributed by atoms with van der Waals surface area (Å²) in [5.74, 6) is 0. The maximum atomic E-state index is 7.56. The van der Waals surface area contributed by atoms with Crippen LogP contribution in [0.5, 0.6) is 0 Å². The molecule has 0 saturated carbocycles. The Morgan fingerprint density at radius 1 is 0.452 bits per heavy atom. The zero-order chi connectivity index (χ0) is 24.4. The van der Waals surface area contributed by atoms with Crippen LogP contribution < -0.4 is 0 Å². The van der Waals surface area contributed by atoms with Crippen LogP contribution in [0.2, 0.25) is 10.0 Å². The van der Waals surface area contributed by atoms with E-state index in [0.29, 0.717) is 0 Å². The van der Waals surface area contributed by atoms with Crippen molar-refractivity contribution >= 4 is 37.1 Å². The molecule has 0 aromatic carbocycles. The Kier molecular flexibility index (Phi) is 33.5. The van der Waals surface area contributed by atoms with Gasteiger partial charge in [-0.1, -0.05) is 0 Å². The summed E-state index contributed by atoms with van der Waals surface area (Å²) in [6, 6.07) is 0. The molecule has 0 atom stereocenters. The fraction of sp³-hybridized carbons (Fsp3) is 1.00. The molecule has 31 heavy (non-hydrogen) atoms. The molecule has 0 aromatic heterocycles. The van der Waals surface area contributed by atoms with Crippen LogP contribution in [0.25, 0.3) is 0 Å². The van der Waals surface area contributed by atoms with Crippen molar-refractivity contribution in [3.63, 3.8) is 0 Å². The fourth-order valence-corrected chi connectivity index (χ4v) is 6.86. The van der Waals surface area contributed by atoms with Gasteiger partial charge in [0, 0.05) is 0 Å². The molecular weight excluding hydrogens is 528 g/mol. The number of rotatable bonds is 18. The maximum absolute atomic E-state index is 7.56. The Hall–Kier alpha value is 1.68. The average Bonchev–Trinajstić information content (AvgIpc) is 2.61. The molecular formula is C20H48O6P2S2Zn.